The van der Waals surface area contributed by atoms with E-state index >= 15 is 0 Å². The van der Waals surface area contributed by atoms with Crippen LogP contribution in [-0.2, 0) is 6.42 Å². The maximum atomic E-state index is 5.88. The van der Waals surface area contributed by atoms with Gasteiger partial charge < -0.3 is 5.73 Å². The number of nitrogens with two attached hydrogens (primary N) is 1. The van der Waals surface area contributed by atoms with Gasteiger partial charge in [-0.05, 0) is 56.5 Å². The molecule has 0 spiro atoms. The van der Waals surface area contributed by atoms with E-state index in [1.165, 1.54) is 11.3 Å². The van der Waals surface area contributed by atoms with Crippen molar-refractivity contribution in [2.75, 3.05) is 5.73 Å². The third-order valence-electron chi connectivity index (χ3n) is 3.12. The van der Waals surface area contributed by atoms with Gasteiger partial charge in [0.1, 0.15) is 0 Å². The molecule has 2 N–H and O–H groups in total. The maximum absolute atomic E-state index is 5.88. The van der Waals surface area contributed by atoms with E-state index in [1.807, 2.05) is 23.7 Å². The first-order valence-corrected chi connectivity index (χ1v) is 5.95. The van der Waals surface area contributed by atoms with Crippen LogP contribution in [0.1, 0.15) is 29.4 Å². The summed E-state index contributed by atoms with van der Waals surface area (Å²) in [5.41, 5.74) is 12.5. The Kier molecular flexibility index (Phi) is 2.92. The van der Waals surface area contributed by atoms with E-state index in [0.717, 1.165) is 29.1 Å². The topological polar surface area (TPSA) is 43.8 Å². The van der Waals surface area contributed by atoms with Crippen LogP contribution in [0, 0.1) is 20.8 Å². The highest BCUT2D eigenvalue weighted by Gasteiger charge is 2.11. The zero-order valence-electron chi connectivity index (χ0n) is 10.9. The Labute approximate surface area is 102 Å². The van der Waals surface area contributed by atoms with E-state index in [4.69, 9.17) is 5.73 Å². The molecule has 0 atom stereocenters. The average Bonchev–Trinajstić information content (AvgIpc) is 2.52. The SMILES string of the molecule is CCc1c(C)nn(-c2cc(C)cc(N)c2)c1C. The number of nitrogen functional groups attached to an aromatic ring is 1. The zero-order valence-corrected chi connectivity index (χ0v) is 10.9. The lowest BCUT2D eigenvalue weighted by Crippen LogP contribution is -2.01. The van der Waals surface area contributed by atoms with E-state index in [-0.39, 0.29) is 0 Å². The lowest BCUT2D eigenvalue weighted by Gasteiger charge is -2.07. The molecule has 1 heterocycles. The molecule has 1 aromatic heterocycles. The molecule has 0 aliphatic carbocycles. The largest absolute Gasteiger partial charge is 0.399 e. The normalized spacial score (nSPS) is 10.8. The molecule has 0 aliphatic heterocycles. The second kappa shape index (κ2) is 4.24. The smallest absolute Gasteiger partial charge is 0.0672 e. The Morgan fingerprint density at radius 3 is 2.41 bits per heavy atom. The second-order valence-corrected chi connectivity index (χ2v) is 4.52. The van der Waals surface area contributed by atoms with Crippen molar-refractivity contribution in [1.82, 2.24) is 9.78 Å². The third kappa shape index (κ3) is 2.05. The van der Waals surface area contributed by atoms with E-state index < -0.39 is 0 Å². The monoisotopic (exact) mass is 229 g/mol. The van der Waals surface area contributed by atoms with Crippen molar-refractivity contribution in [3.05, 3.63) is 40.7 Å². The molecule has 1 aromatic carbocycles. The van der Waals surface area contributed by atoms with Gasteiger partial charge in [-0.15, -0.1) is 0 Å². The lowest BCUT2D eigenvalue weighted by molar-refractivity contribution is 0.832. The van der Waals surface area contributed by atoms with Gasteiger partial charge in [0.25, 0.3) is 0 Å². The van der Waals surface area contributed by atoms with Gasteiger partial charge in [-0.2, -0.15) is 5.10 Å². The van der Waals surface area contributed by atoms with Gasteiger partial charge in [0, 0.05) is 11.4 Å². The Morgan fingerprint density at radius 1 is 1.18 bits per heavy atom. The molecule has 0 saturated heterocycles. The van der Waals surface area contributed by atoms with Crippen LogP contribution >= 0.6 is 0 Å². The van der Waals surface area contributed by atoms with Crippen LogP contribution in [0.3, 0.4) is 0 Å². The fourth-order valence-electron chi connectivity index (χ4n) is 2.35. The fourth-order valence-corrected chi connectivity index (χ4v) is 2.35. The molecular weight excluding hydrogens is 210 g/mol. The minimum absolute atomic E-state index is 0.783. The molecule has 17 heavy (non-hydrogen) atoms. The van der Waals surface area contributed by atoms with Crippen molar-refractivity contribution < 1.29 is 0 Å². The van der Waals surface area contributed by atoms with Crippen LogP contribution in [0.5, 0.6) is 0 Å². The lowest BCUT2D eigenvalue weighted by atomic mass is 10.1. The number of hydrogen-bond donors (Lipinski definition) is 1. The molecule has 0 aliphatic rings. The number of rotatable bonds is 2. The number of aromatic nitrogens is 2. The summed E-state index contributed by atoms with van der Waals surface area (Å²) in [5, 5.41) is 4.59. The Hall–Kier alpha value is -1.77. The third-order valence-corrected chi connectivity index (χ3v) is 3.12. The molecule has 3 heteroatoms. The van der Waals surface area contributed by atoms with Crippen LogP contribution in [0.2, 0.25) is 0 Å². The number of anilines is 1. The predicted octanol–water partition coefficient (Wildman–Crippen LogP) is 2.94. The number of benzene rings is 1. The van der Waals surface area contributed by atoms with Gasteiger partial charge in [-0.3, -0.25) is 0 Å². The highest BCUT2D eigenvalue weighted by atomic mass is 15.3. The Bertz CT molecular complexity index is 533. The highest BCUT2D eigenvalue weighted by molar-refractivity contribution is 5.51. The van der Waals surface area contributed by atoms with Crippen LogP contribution in [0.15, 0.2) is 18.2 Å². The summed E-state index contributed by atoms with van der Waals surface area (Å²) in [6.07, 6.45) is 1.01. The summed E-state index contributed by atoms with van der Waals surface area (Å²) in [6.45, 7) is 8.37. The summed E-state index contributed by atoms with van der Waals surface area (Å²) < 4.78 is 1.98. The summed E-state index contributed by atoms with van der Waals surface area (Å²) >= 11 is 0. The van der Waals surface area contributed by atoms with Gasteiger partial charge in [-0.25, -0.2) is 4.68 Å². The molecule has 0 radical (unpaired) electrons. The van der Waals surface area contributed by atoms with Crippen LogP contribution in [0.25, 0.3) is 5.69 Å². The predicted molar refractivity (Wildman–Crippen MR) is 71.6 cm³/mol. The van der Waals surface area contributed by atoms with Crippen molar-refractivity contribution in [3.8, 4) is 5.69 Å². The minimum atomic E-state index is 0.783. The first kappa shape index (κ1) is 11.7. The molecule has 0 bridgehead atoms. The van der Waals surface area contributed by atoms with Gasteiger partial charge in [-0.1, -0.05) is 6.92 Å². The molecule has 2 aromatic rings. The Morgan fingerprint density at radius 2 is 1.88 bits per heavy atom. The second-order valence-electron chi connectivity index (χ2n) is 4.52. The van der Waals surface area contributed by atoms with E-state index in [2.05, 4.69) is 31.9 Å². The molecule has 0 saturated carbocycles. The minimum Gasteiger partial charge on any atom is -0.399 e. The molecule has 90 valence electrons. The summed E-state index contributed by atoms with van der Waals surface area (Å²) in [6, 6.07) is 6.04. The van der Waals surface area contributed by atoms with Crippen molar-refractivity contribution in [2.24, 2.45) is 0 Å². The van der Waals surface area contributed by atoms with Crippen molar-refractivity contribution in [2.45, 2.75) is 34.1 Å². The number of hydrogen-bond acceptors (Lipinski definition) is 2. The Balaban J connectivity index is 2.60. The highest BCUT2D eigenvalue weighted by Crippen LogP contribution is 2.21. The number of nitrogens with zero attached hydrogens (tertiary/aromatic N) is 2. The average molecular weight is 229 g/mol. The standard InChI is InChI=1S/C14H19N3/c1-5-14-10(3)16-17(11(14)4)13-7-9(2)6-12(15)8-13/h6-8H,5,15H2,1-4H3. The molecule has 0 fully saturated rings. The fraction of sp³-hybridized carbons (Fsp3) is 0.357. The first-order chi connectivity index (χ1) is 8.02. The van der Waals surface area contributed by atoms with Crippen molar-refractivity contribution >= 4 is 5.69 Å². The number of aryl methyl sites for hydroxylation is 2. The van der Waals surface area contributed by atoms with Crippen LogP contribution < -0.4 is 5.73 Å². The summed E-state index contributed by atoms with van der Waals surface area (Å²) in [5.74, 6) is 0. The van der Waals surface area contributed by atoms with Crippen LogP contribution in [0.4, 0.5) is 5.69 Å². The van der Waals surface area contributed by atoms with Gasteiger partial charge in [0.15, 0.2) is 0 Å². The zero-order chi connectivity index (χ0) is 12.6. The van der Waals surface area contributed by atoms with E-state index in [9.17, 15) is 0 Å². The van der Waals surface area contributed by atoms with E-state index in [0.29, 0.717) is 0 Å². The van der Waals surface area contributed by atoms with E-state index in [1.54, 1.807) is 0 Å². The van der Waals surface area contributed by atoms with Crippen molar-refractivity contribution in [3.63, 3.8) is 0 Å². The molecule has 0 unspecified atom stereocenters. The quantitative estimate of drug-likeness (QED) is 0.805. The summed E-state index contributed by atoms with van der Waals surface area (Å²) in [4.78, 5) is 0. The first-order valence-electron chi connectivity index (χ1n) is 5.95. The maximum Gasteiger partial charge on any atom is 0.0672 e. The molecule has 2 rings (SSSR count). The van der Waals surface area contributed by atoms with Gasteiger partial charge in [0.2, 0.25) is 0 Å². The van der Waals surface area contributed by atoms with Crippen LogP contribution in [-0.4, -0.2) is 9.78 Å². The molecule has 0 amide bonds. The van der Waals surface area contributed by atoms with Crippen molar-refractivity contribution in [1.29, 1.82) is 0 Å². The summed E-state index contributed by atoms with van der Waals surface area (Å²) in [7, 11) is 0. The van der Waals surface area contributed by atoms with Gasteiger partial charge in [0.05, 0.1) is 11.4 Å². The van der Waals surface area contributed by atoms with Gasteiger partial charge >= 0.3 is 0 Å². The molecular formula is C14H19N3. The molecule has 3 nitrogen and oxygen atoms in total.